The Hall–Kier alpha value is -2.14. The Morgan fingerprint density at radius 2 is 1.78 bits per heavy atom. The summed E-state index contributed by atoms with van der Waals surface area (Å²) in [5.74, 6) is 1.55. The second-order valence-corrected chi connectivity index (χ2v) is 5.84. The van der Waals surface area contributed by atoms with Crippen LogP contribution in [0.5, 0.6) is 0 Å². The second kappa shape index (κ2) is 9.10. The van der Waals surface area contributed by atoms with E-state index in [0.29, 0.717) is 5.95 Å². The fourth-order valence-corrected chi connectivity index (χ4v) is 2.16. The lowest BCUT2D eigenvalue weighted by Crippen LogP contribution is -2.21. The van der Waals surface area contributed by atoms with Crippen LogP contribution < -0.4 is 10.6 Å². The lowest BCUT2D eigenvalue weighted by atomic mass is 10.1. The molecule has 0 fully saturated rings. The SMILES string of the molecule is CCCCNc1cc(-c2ccccc2)nc(NCCN(C)C)n1. The topological polar surface area (TPSA) is 53.1 Å². The molecule has 0 unspecified atom stereocenters. The van der Waals surface area contributed by atoms with Crippen molar-refractivity contribution in [2.75, 3.05) is 44.4 Å². The predicted molar refractivity (Wildman–Crippen MR) is 97.9 cm³/mol. The second-order valence-electron chi connectivity index (χ2n) is 5.84. The maximum Gasteiger partial charge on any atom is 0.225 e. The van der Waals surface area contributed by atoms with E-state index in [1.54, 1.807) is 0 Å². The van der Waals surface area contributed by atoms with E-state index >= 15 is 0 Å². The zero-order valence-corrected chi connectivity index (χ0v) is 14.3. The maximum absolute atomic E-state index is 4.65. The molecular formula is C18H27N5. The standard InChI is InChI=1S/C18H27N5/c1-4-5-11-19-17-14-16(15-9-7-6-8-10-15)21-18(22-17)20-12-13-23(2)3/h6-10,14H,4-5,11-13H2,1-3H3,(H2,19,20,21,22). The van der Waals surface area contributed by atoms with Crippen molar-refractivity contribution in [3.8, 4) is 11.3 Å². The highest BCUT2D eigenvalue weighted by atomic mass is 15.2. The molecule has 0 amide bonds. The van der Waals surface area contributed by atoms with Gasteiger partial charge in [-0.15, -0.1) is 0 Å². The van der Waals surface area contributed by atoms with E-state index in [1.807, 2.05) is 24.3 Å². The number of anilines is 2. The molecule has 2 rings (SSSR count). The summed E-state index contributed by atoms with van der Waals surface area (Å²) in [5, 5.41) is 6.71. The molecule has 0 saturated carbocycles. The van der Waals surface area contributed by atoms with Crippen molar-refractivity contribution < 1.29 is 0 Å². The zero-order chi connectivity index (χ0) is 16.5. The molecule has 5 nitrogen and oxygen atoms in total. The van der Waals surface area contributed by atoms with Crippen molar-refractivity contribution in [1.29, 1.82) is 0 Å². The largest absolute Gasteiger partial charge is 0.370 e. The quantitative estimate of drug-likeness (QED) is 0.696. The predicted octanol–water partition coefficient (Wildman–Crippen LogP) is 3.33. The molecule has 2 aromatic rings. The van der Waals surface area contributed by atoms with Crippen LogP contribution in [0.25, 0.3) is 11.3 Å². The van der Waals surface area contributed by atoms with Gasteiger partial charge in [-0.3, -0.25) is 0 Å². The van der Waals surface area contributed by atoms with Crippen LogP contribution in [-0.2, 0) is 0 Å². The van der Waals surface area contributed by atoms with Gasteiger partial charge in [-0.1, -0.05) is 43.7 Å². The van der Waals surface area contributed by atoms with Gasteiger partial charge in [0.15, 0.2) is 0 Å². The average Bonchev–Trinajstić information content (AvgIpc) is 2.55. The van der Waals surface area contributed by atoms with Crippen LogP contribution in [0.3, 0.4) is 0 Å². The highest BCUT2D eigenvalue weighted by Gasteiger charge is 2.06. The van der Waals surface area contributed by atoms with E-state index in [9.17, 15) is 0 Å². The highest BCUT2D eigenvalue weighted by Crippen LogP contribution is 2.21. The van der Waals surface area contributed by atoms with Crippen LogP contribution in [0.2, 0.25) is 0 Å². The molecular weight excluding hydrogens is 286 g/mol. The number of hydrogen-bond acceptors (Lipinski definition) is 5. The van der Waals surface area contributed by atoms with Gasteiger partial charge in [0.1, 0.15) is 5.82 Å². The first kappa shape index (κ1) is 17.2. The number of rotatable bonds is 9. The summed E-state index contributed by atoms with van der Waals surface area (Å²) in [6, 6.07) is 12.2. The van der Waals surface area contributed by atoms with E-state index in [0.717, 1.165) is 49.6 Å². The first-order valence-electron chi connectivity index (χ1n) is 8.26. The molecule has 0 aliphatic heterocycles. The molecule has 2 N–H and O–H groups in total. The van der Waals surface area contributed by atoms with Crippen molar-refractivity contribution in [2.24, 2.45) is 0 Å². The summed E-state index contributed by atoms with van der Waals surface area (Å²) in [7, 11) is 4.11. The summed E-state index contributed by atoms with van der Waals surface area (Å²) in [6.07, 6.45) is 2.30. The molecule has 0 spiro atoms. The third-order valence-corrected chi connectivity index (χ3v) is 3.47. The van der Waals surface area contributed by atoms with Gasteiger partial charge in [0.2, 0.25) is 5.95 Å². The van der Waals surface area contributed by atoms with Crippen molar-refractivity contribution in [3.05, 3.63) is 36.4 Å². The van der Waals surface area contributed by atoms with Gasteiger partial charge in [-0.25, -0.2) is 4.98 Å². The van der Waals surface area contributed by atoms with Crippen molar-refractivity contribution >= 4 is 11.8 Å². The average molecular weight is 313 g/mol. The smallest absolute Gasteiger partial charge is 0.225 e. The summed E-state index contributed by atoms with van der Waals surface area (Å²) in [4.78, 5) is 11.4. The Kier molecular flexibility index (Phi) is 6.81. The Labute approximate surface area is 139 Å². The number of nitrogens with one attached hydrogen (secondary N) is 2. The summed E-state index contributed by atoms with van der Waals surface area (Å²) >= 11 is 0. The molecule has 0 aliphatic carbocycles. The van der Waals surface area contributed by atoms with Gasteiger partial charge in [0.25, 0.3) is 0 Å². The Morgan fingerprint density at radius 1 is 1.00 bits per heavy atom. The number of hydrogen-bond donors (Lipinski definition) is 2. The van der Waals surface area contributed by atoms with Gasteiger partial charge in [-0.2, -0.15) is 4.98 Å². The van der Waals surface area contributed by atoms with Gasteiger partial charge in [-0.05, 0) is 20.5 Å². The number of likely N-dealkylation sites (N-methyl/N-ethyl adjacent to an activating group) is 1. The molecule has 1 heterocycles. The lowest BCUT2D eigenvalue weighted by molar-refractivity contribution is 0.425. The molecule has 0 aliphatic rings. The van der Waals surface area contributed by atoms with Crippen molar-refractivity contribution in [3.63, 3.8) is 0 Å². The first-order chi connectivity index (χ1) is 11.2. The fourth-order valence-electron chi connectivity index (χ4n) is 2.16. The molecule has 23 heavy (non-hydrogen) atoms. The Bertz CT molecular complexity index is 583. The van der Waals surface area contributed by atoms with Crippen LogP contribution in [-0.4, -0.2) is 48.6 Å². The Balaban J connectivity index is 2.17. The lowest BCUT2D eigenvalue weighted by Gasteiger charge is -2.13. The molecule has 0 radical (unpaired) electrons. The molecule has 1 aromatic heterocycles. The summed E-state index contributed by atoms with van der Waals surface area (Å²) in [5.41, 5.74) is 2.04. The van der Waals surface area contributed by atoms with Gasteiger partial charge in [0.05, 0.1) is 5.69 Å². The Morgan fingerprint density at radius 3 is 2.48 bits per heavy atom. The number of unbranched alkanes of at least 4 members (excludes halogenated alkanes) is 1. The number of benzene rings is 1. The van der Waals surface area contributed by atoms with Crippen LogP contribution in [0.1, 0.15) is 19.8 Å². The molecule has 0 bridgehead atoms. The maximum atomic E-state index is 4.65. The summed E-state index contributed by atoms with van der Waals surface area (Å²) in [6.45, 7) is 4.88. The third kappa shape index (κ3) is 5.87. The normalized spacial score (nSPS) is 10.8. The number of aromatic nitrogens is 2. The van der Waals surface area contributed by atoms with E-state index in [-0.39, 0.29) is 0 Å². The third-order valence-electron chi connectivity index (χ3n) is 3.47. The minimum atomic E-state index is 0.673. The van der Waals surface area contributed by atoms with Gasteiger partial charge >= 0.3 is 0 Å². The number of nitrogens with zero attached hydrogens (tertiary/aromatic N) is 3. The van der Waals surface area contributed by atoms with E-state index in [2.05, 4.69) is 58.7 Å². The highest BCUT2D eigenvalue weighted by molar-refractivity contribution is 5.64. The minimum Gasteiger partial charge on any atom is -0.370 e. The minimum absolute atomic E-state index is 0.673. The van der Waals surface area contributed by atoms with Crippen LogP contribution in [0, 0.1) is 0 Å². The molecule has 124 valence electrons. The fraction of sp³-hybridized carbons (Fsp3) is 0.444. The van der Waals surface area contributed by atoms with Crippen LogP contribution in [0.4, 0.5) is 11.8 Å². The molecule has 5 heteroatoms. The van der Waals surface area contributed by atoms with Crippen molar-refractivity contribution in [1.82, 2.24) is 14.9 Å². The van der Waals surface area contributed by atoms with E-state index in [1.165, 1.54) is 0 Å². The van der Waals surface area contributed by atoms with E-state index in [4.69, 9.17) is 0 Å². The van der Waals surface area contributed by atoms with Crippen LogP contribution >= 0.6 is 0 Å². The van der Waals surface area contributed by atoms with Gasteiger partial charge in [0, 0.05) is 31.3 Å². The van der Waals surface area contributed by atoms with Gasteiger partial charge < -0.3 is 15.5 Å². The molecule has 1 aromatic carbocycles. The van der Waals surface area contributed by atoms with E-state index < -0.39 is 0 Å². The van der Waals surface area contributed by atoms with Crippen molar-refractivity contribution in [2.45, 2.75) is 19.8 Å². The van der Waals surface area contributed by atoms with Crippen LogP contribution in [0.15, 0.2) is 36.4 Å². The molecule has 0 atom stereocenters. The molecule has 0 saturated heterocycles. The zero-order valence-electron chi connectivity index (χ0n) is 14.3. The summed E-state index contributed by atoms with van der Waals surface area (Å²) < 4.78 is 0. The monoisotopic (exact) mass is 313 g/mol. The first-order valence-corrected chi connectivity index (χ1v) is 8.26.